The van der Waals surface area contributed by atoms with Crippen molar-refractivity contribution in [3.8, 4) is 0 Å². The van der Waals surface area contributed by atoms with Crippen molar-refractivity contribution in [2.24, 2.45) is 0 Å². The summed E-state index contributed by atoms with van der Waals surface area (Å²) in [6, 6.07) is 5.21. The van der Waals surface area contributed by atoms with E-state index < -0.39 is 0 Å². The second kappa shape index (κ2) is 9.74. The van der Waals surface area contributed by atoms with Gasteiger partial charge in [-0.3, -0.25) is 4.90 Å². The summed E-state index contributed by atoms with van der Waals surface area (Å²) in [6.07, 6.45) is 2.81. The highest BCUT2D eigenvalue weighted by Crippen LogP contribution is 2.31. The van der Waals surface area contributed by atoms with Crippen LogP contribution in [0.4, 0.5) is 4.39 Å². The highest BCUT2D eigenvalue weighted by atomic mass is 79.9. The summed E-state index contributed by atoms with van der Waals surface area (Å²) in [5.41, 5.74) is 1.14. The van der Waals surface area contributed by atoms with Gasteiger partial charge >= 0.3 is 0 Å². The van der Waals surface area contributed by atoms with E-state index in [1.54, 1.807) is 0 Å². The molecular formula is C14H20BrCl2FN2. The molecule has 1 fully saturated rings. The highest BCUT2D eigenvalue weighted by molar-refractivity contribution is 9.10. The van der Waals surface area contributed by atoms with E-state index in [1.807, 2.05) is 12.1 Å². The number of hydrogen-bond donors (Lipinski definition) is 1. The molecular weight excluding hydrogens is 366 g/mol. The van der Waals surface area contributed by atoms with Crippen LogP contribution in [0.1, 0.15) is 18.0 Å². The van der Waals surface area contributed by atoms with E-state index in [1.165, 1.54) is 12.1 Å². The Kier molecular flexibility index (Phi) is 9.68. The minimum Gasteiger partial charge on any atom is -0.314 e. The summed E-state index contributed by atoms with van der Waals surface area (Å²) in [5, 5.41) is 3.35. The molecule has 2 rings (SSSR count). The smallest absolute Gasteiger partial charge is 0.124 e. The van der Waals surface area contributed by atoms with Crippen LogP contribution in [0.5, 0.6) is 0 Å². The molecule has 1 saturated heterocycles. The molecule has 1 aromatic rings. The predicted molar refractivity (Wildman–Crippen MR) is 90.6 cm³/mol. The quantitative estimate of drug-likeness (QED) is 0.789. The molecule has 1 aromatic carbocycles. The summed E-state index contributed by atoms with van der Waals surface area (Å²) in [6.45, 7) is 7.88. The number of nitrogens with zero attached hydrogens (tertiary/aromatic N) is 1. The van der Waals surface area contributed by atoms with Crippen molar-refractivity contribution in [2.45, 2.75) is 12.5 Å². The molecule has 20 heavy (non-hydrogen) atoms. The average molecular weight is 386 g/mol. The minimum absolute atomic E-state index is 0. The van der Waals surface area contributed by atoms with Crippen LogP contribution in [0.15, 0.2) is 35.3 Å². The SMILES string of the molecule is C=CC[C@H](c1ccc(F)cc1Br)N1CCNCC1.Cl.Cl. The molecule has 0 saturated carbocycles. The lowest BCUT2D eigenvalue weighted by molar-refractivity contribution is 0.174. The largest absolute Gasteiger partial charge is 0.314 e. The van der Waals surface area contributed by atoms with Crippen molar-refractivity contribution in [1.82, 2.24) is 10.2 Å². The fraction of sp³-hybridized carbons (Fsp3) is 0.429. The maximum Gasteiger partial charge on any atom is 0.124 e. The lowest BCUT2D eigenvalue weighted by atomic mass is 10.0. The van der Waals surface area contributed by atoms with Gasteiger partial charge in [0.15, 0.2) is 0 Å². The summed E-state index contributed by atoms with van der Waals surface area (Å²) in [4.78, 5) is 2.43. The van der Waals surface area contributed by atoms with Gasteiger partial charge in [-0.25, -0.2) is 4.39 Å². The van der Waals surface area contributed by atoms with E-state index in [-0.39, 0.29) is 36.7 Å². The third-order valence-corrected chi connectivity index (χ3v) is 3.99. The molecule has 114 valence electrons. The zero-order chi connectivity index (χ0) is 13.0. The van der Waals surface area contributed by atoms with E-state index in [2.05, 4.69) is 32.7 Å². The molecule has 6 heteroatoms. The molecule has 0 aromatic heterocycles. The highest BCUT2D eigenvalue weighted by Gasteiger charge is 2.22. The molecule has 1 heterocycles. The van der Waals surface area contributed by atoms with Crippen LogP contribution in [-0.2, 0) is 0 Å². The summed E-state index contributed by atoms with van der Waals surface area (Å²) in [7, 11) is 0. The first-order valence-corrected chi connectivity index (χ1v) is 7.02. The second-order valence-corrected chi connectivity index (χ2v) is 5.35. The Morgan fingerprint density at radius 1 is 1.35 bits per heavy atom. The zero-order valence-corrected chi connectivity index (χ0v) is 14.4. The third-order valence-electron chi connectivity index (χ3n) is 3.30. The Morgan fingerprint density at radius 3 is 2.55 bits per heavy atom. The Bertz CT molecular complexity index is 426. The minimum atomic E-state index is -0.205. The molecule has 0 aliphatic carbocycles. The van der Waals surface area contributed by atoms with Gasteiger partial charge < -0.3 is 5.32 Å². The standard InChI is InChI=1S/C14H18BrFN2.2ClH/c1-2-3-14(18-8-6-17-7-9-18)12-5-4-11(16)10-13(12)15;;/h2,4-5,10,14,17H,1,3,6-9H2;2*1H/t14-;;/m1../s1. The monoisotopic (exact) mass is 384 g/mol. The van der Waals surface area contributed by atoms with Gasteiger partial charge in [-0.2, -0.15) is 0 Å². The van der Waals surface area contributed by atoms with E-state index in [0.717, 1.165) is 42.6 Å². The molecule has 0 spiro atoms. The number of hydrogen-bond acceptors (Lipinski definition) is 2. The molecule has 1 aliphatic heterocycles. The topological polar surface area (TPSA) is 15.3 Å². The van der Waals surface area contributed by atoms with E-state index in [0.29, 0.717) is 0 Å². The van der Waals surface area contributed by atoms with Crippen molar-refractivity contribution in [3.63, 3.8) is 0 Å². The van der Waals surface area contributed by atoms with Crippen LogP contribution in [-0.4, -0.2) is 31.1 Å². The molecule has 0 amide bonds. The third kappa shape index (κ3) is 5.01. The number of nitrogens with one attached hydrogen (secondary N) is 1. The fourth-order valence-electron chi connectivity index (χ4n) is 2.40. The van der Waals surface area contributed by atoms with Crippen LogP contribution >= 0.6 is 40.7 Å². The molecule has 1 atom stereocenters. The maximum atomic E-state index is 13.2. The van der Waals surface area contributed by atoms with E-state index in [9.17, 15) is 4.39 Å². The Labute approximate surface area is 140 Å². The average Bonchev–Trinajstić information content (AvgIpc) is 2.38. The Balaban J connectivity index is 0.00000180. The molecule has 2 nitrogen and oxygen atoms in total. The molecule has 0 radical (unpaired) electrons. The van der Waals surface area contributed by atoms with E-state index in [4.69, 9.17) is 0 Å². The van der Waals surface area contributed by atoms with Gasteiger partial charge in [-0.1, -0.05) is 28.1 Å². The van der Waals surface area contributed by atoms with Gasteiger partial charge in [0.1, 0.15) is 5.82 Å². The summed E-state index contributed by atoms with van der Waals surface area (Å²) in [5.74, 6) is -0.205. The number of halogens is 4. The first-order valence-electron chi connectivity index (χ1n) is 6.23. The number of benzene rings is 1. The fourth-order valence-corrected chi connectivity index (χ4v) is 3.01. The number of rotatable bonds is 4. The van der Waals surface area contributed by atoms with Gasteiger partial charge in [0, 0.05) is 36.7 Å². The molecule has 1 N–H and O–H groups in total. The van der Waals surface area contributed by atoms with Gasteiger partial charge in [-0.05, 0) is 24.1 Å². The first kappa shape index (κ1) is 19.9. The van der Waals surface area contributed by atoms with Gasteiger partial charge in [0.05, 0.1) is 0 Å². The van der Waals surface area contributed by atoms with Crippen LogP contribution in [0, 0.1) is 5.82 Å². The lowest BCUT2D eigenvalue weighted by Crippen LogP contribution is -2.45. The van der Waals surface area contributed by atoms with Crippen molar-refractivity contribution >= 4 is 40.7 Å². The summed E-state index contributed by atoms with van der Waals surface area (Å²) < 4.78 is 14.0. The van der Waals surface area contributed by atoms with Crippen LogP contribution in [0.2, 0.25) is 0 Å². The van der Waals surface area contributed by atoms with Gasteiger partial charge in [0.25, 0.3) is 0 Å². The van der Waals surface area contributed by atoms with Crippen molar-refractivity contribution in [2.75, 3.05) is 26.2 Å². The van der Waals surface area contributed by atoms with Crippen LogP contribution in [0.3, 0.4) is 0 Å². The van der Waals surface area contributed by atoms with Crippen molar-refractivity contribution in [3.05, 3.63) is 46.7 Å². The zero-order valence-electron chi connectivity index (χ0n) is 11.1. The second-order valence-electron chi connectivity index (χ2n) is 4.49. The normalized spacial score (nSPS) is 16.7. The number of piperazine rings is 1. The van der Waals surface area contributed by atoms with Crippen molar-refractivity contribution < 1.29 is 4.39 Å². The first-order chi connectivity index (χ1) is 8.72. The van der Waals surface area contributed by atoms with Crippen LogP contribution in [0.25, 0.3) is 0 Å². The molecule has 1 aliphatic rings. The van der Waals surface area contributed by atoms with E-state index >= 15 is 0 Å². The lowest BCUT2D eigenvalue weighted by Gasteiger charge is -2.35. The maximum absolute atomic E-state index is 13.2. The van der Waals surface area contributed by atoms with Crippen LogP contribution < -0.4 is 5.32 Å². The van der Waals surface area contributed by atoms with Gasteiger partial charge in [0.2, 0.25) is 0 Å². The molecule has 0 bridgehead atoms. The Morgan fingerprint density at radius 2 is 2.00 bits per heavy atom. The van der Waals surface area contributed by atoms with Crippen molar-refractivity contribution in [1.29, 1.82) is 0 Å². The predicted octanol–water partition coefficient (Wildman–Crippen LogP) is 3.95. The molecule has 0 unspecified atom stereocenters. The Hall–Kier alpha value is -0.130. The van der Waals surface area contributed by atoms with Gasteiger partial charge in [-0.15, -0.1) is 31.4 Å². The summed E-state index contributed by atoms with van der Waals surface area (Å²) >= 11 is 3.47.